The lowest BCUT2D eigenvalue weighted by molar-refractivity contribution is 0.0543. The van der Waals surface area contributed by atoms with Crippen LogP contribution in [0.4, 0.5) is 9.93 Å². The summed E-state index contributed by atoms with van der Waals surface area (Å²) < 4.78 is 5.75. The van der Waals surface area contributed by atoms with Gasteiger partial charge in [0.2, 0.25) is 0 Å². The Morgan fingerprint density at radius 2 is 2.45 bits per heavy atom. The zero-order valence-corrected chi connectivity index (χ0v) is 12.6. The topological polar surface area (TPSA) is 54.5 Å². The molecule has 0 aromatic carbocycles. The number of hydrogen-bond acceptors (Lipinski definition) is 4. The normalized spacial score (nSPS) is 26.1. The molecule has 0 saturated carbocycles. The van der Waals surface area contributed by atoms with Crippen LogP contribution >= 0.6 is 11.3 Å². The first-order chi connectivity index (χ1) is 9.78. The molecule has 110 valence electrons. The van der Waals surface area contributed by atoms with Crippen LogP contribution in [0.5, 0.6) is 0 Å². The van der Waals surface area contributed by atoms with Gasteiger partial charge in [-0.15, -0.1) is 11.3 Å². The van der Waals surface area contributed by atoms with Gasteiger partial charge in [0.05, 0.1) is 17.8 Å². The second-order valence-electron chi connectivity index (χ2n) is 5.38. The van der Waals surface area contributed by atoms with E-state index in [2.05, 4.69) is 17.2 Å². The van der Waals surface area contributed by atoms with Crippen molar-refractivity contribution in [1.29, 1.82) is 0 Å². The number of thiazole rings is 1. The van der Waals surface area contributed by atoms with Gasteiger partial charge in [-0.3, -0.25) is 5.32 Å². The quantitative estimate of drug-likeness (QED) is 0.933. The molecule has 3 rings (SSSR count). The van der Waals surface area contributed by atoms with Crippen LogP contribution in [0.15, 0.2) is 5.38 Å². The van der Waals surface area contributed by atoms with E-state index in [4.69, 9.17) is 4.74 Å². The first-order valence-corrected chi connectivity index (χ1v) is 8.29. The standard InChI is InChI=1S/C14H21N3O2S/c1-2-10-9-20-13(15-10)16-14(18)17-7-3-5-11(17)12-6-4-8-19-12/h9,11-12H,2-8H2,1H3,(H,15,16,18). The fourth-order valence-electron chi connectivity index (χ4n) is 3.03. The Morgan fingerprint density at radius 1 is 1.55 bits per heavy atom. The first kappa shape index (κ1) is 13.8. The van der Waals surface area contributed by atoms with Gasteiger partial charge in [-0.1, -0.05) is 6.92 Å². The van der Waals surface area contributed by atoms with Crippen LogP contribution in [0, 0.1) is 0 Å². The van der Waals surface area contributed by atoms with Crippen molar-refractivity contribution in [2.75, 3.05) is 18.5 Å². The summed E-state index contributed by atoms with van der Waals surface area (Å²) in [6.07, 6.45) is 5.43. The van der Waals surface area contributed by atoms with E-state index in [0.29, 0.717) is 5.13 Å². The summed E-state index contributed by atoms with van der Waals surface area (Å²) in [7, 11) is 0. The molecule has 6 heteroatoms. The number of amides is 2. The number of aryl methyl sites for hydroxylation is 1. The lowest BCUT2D eigenvalue weighted by Crippen LogP contribution is -2.44. The van der Waals surface area contributed by atoms with E-state index in [1.54, 1.807) is 0 Å². The fraction of sp³-hybridized carbons (Fsp3) is 0.714. The molecule has 2 aliphatic heterocycles. The van der Waals surface area contributed by atoms with E-state index in [9.17, 15) is 4.79 Å². The summed E-state index contributed by atoms with van der Waals surface area (Å²) >= 11 is 1.49. The zero-order chi connectivity index (χ0) is 13.9. The molecule has 2 atom stereocenters. The molecule has 0 aliphatic carbocycles. The van der Waals surface area contributed by atoms with Crippen LogP contribution in [0.1, 0.15) is 38.3 Å². The predicted octanol–water partition coefficient (Wildman–Crippen LogP) is 2.88. The van der Waals surface area contributed by atoms with E-state index >= 15 is 0 Å². The molecule has 0 spiro atoms. The number of aromatic nitrogens is 1. The molecule has 1 aromatic heterocycles. The summed E-state index contributed by atoms with van der Waals surface area (Å²) in [6, 6.07) is 0.211. The highest BCUT2D eigenvalue weighted by Crippen LogP contribution is 2.28. The average Bonchev–Trinajstić information content (AvgIpc) is 3.19. The van der Waals surface area contributed by atoms with Crippen molar-refractivity contribution in [3.63, 3.8) is 0 Å². The number of anilines is 1. The number of hydrogen-bond donors (Lipinski definition) is 1. The molecular formula is C14H21N3O2S. The van der Waals surface area contributed by atoms with E-state index in [-0.39, 0.29) is 18.2 Å². The van der Waals surface area contributed by atoms with Crippen molar-refractivity contribution in [1.82, 2.24) is 9.88 Å². The van der Waals surface area contributed by atoms with Crippen LogP contribution in [-0.2, 0) is 11.2 Å². The molecule has 20 heavy (non-hydrogen) atoms. The Bertz CT molecular complexity index is 471. The van der Waals surface area contributed by atoms with Crippen molar-refractivity contribution in [2.45, 2.75) is 51.2 Å². The van der Waals surface area contributed by atoms with E-state index in [1.165, 1.54) is 11.3 Å². The van der Waals surface area contributed by atoms with Crippen LogP contribution in [-0.4, -0.2) is 41.2 Å². The predicted molar refractivity (Wildman–Crippen MR) is 79.2 cm³/mol. The Morgan fingerprint density at radius 3 is 3.15 bits per heavy atom. The highest BCUT2D eigenvalue weighted by molar-refractivity contribution is 7.13. The molecule has 5 nitrogen and oxygen atoms in total. The van der Waals surface area contributed by atoms with Crippen molar-refractivity contribution >= 4 is 22.5 Å². The van der Waals surface area contributed by atoms with Gasteiger partial charge in [-0.05, 0) is 32.1 Å². The Kier molecular flexibility index (Phi) is 4.21. The van der Waals surface area contributed by atoms with Crippen LogP contribution < -0.4 is 5.32 Å². The Balaban J connectivity index is 1.63. The van der Waals surface area contributed by atoms with E-state index in [1.807, 2.05) is 10.3 Å². The summed E-state index contributed by atoms with van der Waals surface area (Å²) in [6.45, 7) is 3.72. The van der Waals surface area contributed by atoms with Gasteiger partial charge in [-0.2, -0.15) is 0 Å². The summed E-state index contributed by atoms with van der Waals surface area (Å²) in [5.41, 5.74) is 1.03. The van der Waals surface area contributed by atoms with E-state index < -0.39 is 0 Å². The molecule has 2 fully saturated rings. The highest BCUT2D eigenvalue weighted by Gasteiger charge is 2.37. The third-order valence-corrected chi connectivity index (χ3v) is 4.89. The van der Waals surface area contributed by atoms with Crippen LogP contribution in [0.25, 0.3) is 0 Å². The highest BCUT2D eigenvalue weighted by atomic mass is 32.1. The minimum absolute atomic E-state index is 0.0278. The van der Waals surface area contributed by atoms with Crippen molar-refractivity contribution in [3.05, 3.63) is 11.1 Å². The smallest absolute Gasteiger partial charge is 0.323 e. The third-order valence-electron chi connectivity index (χ3n) is 4.08. The van der Waals surface area contributed by atoms with Crippen molar-refractivity contribution in [3.8, 4) is 0 Å². The third kappa shape index (κ3) is 2.81. The Hall–Kier alpha value is -1.14. The molecular weight excluding hydrogens is 274 g/mol. The lowest BCUT2D eigenvalue weighted by Gasteiger charge is -2.28. The molecule has 0 radical (unpaired) electrons. The van der Waals surface area contributed by atoms with Gasteiger partial charge >= 0.3 is 6.03 Å². The second kappa shape index (κ2) is 6.10. The minimum atomic E-state index is -0.0278. The van der Waals surface area contributed by atoms with Gasteiger partial charge in [0.25, 0.3) is 0 Å². The molecule has 2 aliphatic rings. The summed E-state index contributed by atoms with van der Waals surface area (Å²) in [4.78, 5) is 18.7. The maximum atomic E-state index is 12.4. The molecule has 2 amide bonds. The molecule has 1 N–H and O–H groups in total. The number of carbonyl (C=O) groups is 1. The number of nitrogens with one attached hydrogen (secondary N) is 1. The lowest BCUT2D eigenvalue weighted by atomic mass is 10.1. The van der Waals surface area contributed by atoms with Crippen LogP contribution in [0.2, 0.25) is 0 Å². The van der Waals surface area contributed by atoms with E-state index in [0.717, 1.165) is 50.9 Å². The molecule has 0 bridgehead atoms. The summed E-state index contributed by atoms with van der Waals surface area (Å²) in [5.74, 6) is 0. The fourth-order valence-corrected chi connectivity index (χ4v) is 3.81. The Labute approximate surface area is 123 Å². The number of urea groups is 1. The molecule has 2 unspecified atom stereocenters. The van der Waals surface area contributed by atoms with Crippen molar-refractivity contribution < 1.29 is 9.53 Å². The van der Waals surface area contributed by atoms with Crippen molar-refractivity contribution in [2.24, 2.45) is 0 Å². The number of likely N-dealkylation sites (tertiary alicyclic amines) is 1. The molecule has 2 saturated heterocycles. The summed E-state index contributed by atoms with van der Waals surface area (Å²) in [5, 5.41) is 5.63. The van der Waals surface area contributed by atoms with Gasteiger partial charge in [0, 0.05) is 18.5 Å². The minimum Gasteiger partial charge on any atom is -0.376 e. The molecule has 3 heterocycles. The largest absolute Gasteiger partial charge is 0.376 e. The maximum absolute atomic E-state index is 12.4. The van der Waals surface area contributed by atoms with Gasteiger partial charge < -0.3 is 9.64 Å². The first-order valence-electron chi connectivity index (χ1n) is 7.41. The number of rotatable bonds is 3. The number of carbonyl (C=O) groups excluding carboxylic acids is 1. The number of ether oxygens (including phenoxy) is 1. The van der Waals surface area contributed by atoms with Crippen LogP contribution in [0.3, 0.4) is 0 Å². The van der Waals surface area contributed by atoms with Gasteiger partial charge in [-0.25, -0.2) is 9.78 Å². The maximum Gasteiger partial charge on any atom is 0.323 e. The van der Waals surface area contributed by atoms with Gasteiger partial charge in [0.15, 0.2) is 5.13 Å². The molecule has 1 aromatic rings. The second-order valence-corrected chi connectivity index (χ2v) is 6.24. The SMILES string of the molecule is CCc1csc(NC(=O)N2CCCC2C2CCCO2)n1. The average molecular weight is 295 g/mol. The zero-order valence-electron chi connectivity index (χ0n) is 11.8. The van der Waals surface area contributed by atoms with Gasteiger partial charge in [0.1, 0.15) is 0 Å². The number of nitrogens with zero attached hydrogens (tertiary/aromatic N) is 2. The monoisotopic (exact) mass is 295 g/mol.